The van der Waals surface area contributed by atoms with E-state index in [1.165, 1.54) is 16.7 Å². The lowest BCUT2D eigenvalue weighted by Crippen LogP contribution is -2.20. The van der Waals surface area contributed by atoms with Crippen molar-refractivity contribution in [3.8, 4) is 5.88 Å². The average molecular weight is 269 g/mol. The van der Waals surface area contributed by atoms with E-state index in [4.69, 9.17) is 0 Å². The largest absolute Gasteiger partial charge is 0.494 e. The lowest BCUT2D eigenvalue weighted by atomic mass is 10.1. The molecule has 0 aliphatic carbocycles. The fourth-order valence-electron chi connectivity index (χ4n) is 2.24. The van der Waals surface area contributed by atoms with E-state index in [2.05, 4.69) is 0 Å². The van der Waals surface area contributed by atoms with E-state index in [9.17, 15) is 14.3 Å². The molecule has 0 radical (unpaired) electrons. The van der Waals surface area contributed by atoms with E-state index < -0.39 is 5.82 Å². The first-order valence-corrected chi connectivity index (χ1v) is 6.22. The molecule has 1 heterocycles. The van der Waals surface area contributed by atoms with Crippen LogP contribution in [0.1, 0.15) is 5.56 Å². The van der Waals surface area contributed by atoms with Crippen molar-refractivity contribution in [2.45, 2.75) is 6.54 Å². The van der Waals surface area contributed by atoms with Crippen LogP contribution in [0, 0.1) is 5.82 Å². The number of nitrogens with zero attached hydrogens (tertiary/aromatic N) is 1. The predicted molar refractivity (Wildman–Crippen MR) is 75.4 cm³/mol. The van der Waals surface area contributed by atoms with E-state index in [-0.39, 0.29) is 18.0 Å². The van der Waals surface area contributed by atoms with Gasteiger partial charge in [0.05, 0.1) is 6.54 Å². The van der Waals surface area contributed by atoms with Crippen molar-refractivity contribution in [3.63, 3.8) is 0 Å². The van der Waals surface area contributed by atoms with Crippen LogP contribution in [0.15, 0.2) is 59.4 Å². The van der Waals surface area contributed by atoms with Gasteiger partial charge in [-0.2, -0.15) is 0 Å². The number of benzene rings is 2. The molecular formula is C16H12FNO2. The Morgan fingerprint density at radius 2 is 1.75 bits per heavy atom. The van der Waals surface area contributed by atoms with Crippen LogP contribution in [0.3, 0.4) is 0 Å². The fourth-order valence-corrected chi connectivity index (χ4v) is 2.24. The first-order chi connectivity index (χ1) is 9.66. The molecule has 0 bridgehead atoms. The molecule has 0 aliphatic rings. The van der Waals surface area contributed by atoms with Crippen LogP contribution in [-0.4, -0.2) is 9.67 Å². The highest BCUT2D eigenvalue weighted by molar-refractivity contribution is 5.86. The number of fused-ring (bicyclic) bond motifs is 1. The third-order valence-electron chi connectivity index (χ3n) is 3.29. The molecule has 3 aromatic rings. The summed E-state index contributed by atoms with van der Waals surface area (Å²) in [6.07, 6.45) is 0. The molecule has 1 aromatic heterocycles. The van der Waals surface area contributed by atoms with E-state index >= 15 is 0 Å². The maximum atomic E-state index is 13.7. The SMILES string of the molecule is O=c1cc2ccccc2c(O)n1Cc1ccccc1F. The molecular weight excluding hydrogens is 257 g/mol. The maximum Gasteiger partial charge on any atom is 0.254 e. The molecule has 0 amide bonds. The first-order valence-electron chi connectivity index (χ1n) is 6.22. The third kappa shape index (κ3) is 2.05. The zero-order valence-corrected chi connectivity index (χ0v) is 10.6. The average Bonchev–Trinajstić information content (AvgIpc) is 2.45. The molecule has 0 saturated carbocycles. The van der Waals surface area contributed by atoms with Gasteiger partial charge in [0.1, 0.15) is 5.82 Å². The summed E-state index contributed by atoms with van der Waals surface area (Å²) in [5, 5.41) is 11.5. The molecule has 0 fully saturated rings. The molecule has 20 heavy (non-hydrogen) atoms. The number of halogens is 1. The van der Waals surface area contributed by atoms with Crippen LogP contribution in [0.5, 0.6) is 5.88 Å². The van der Waals surface area contributed by atoms with Crippen molar-refractivity contribution >= 4 is 10.8 Å². The Hall–Kier alpha value is -2.62. The van der Waals surface area contributed by atoms with Gasteiger partial charge in [0.25, 0.3) is 5.56 Å². The Bertz CT molecular complexity index is 839. The highest BCUT2D eigenvalue weighted by Gasteiger charge is 2.10. The second-order valence-electron chi connectivity index (χ2n) is 4.57. The van der Waals surface area contributed by atoms with E-state index in [0.717, 1.165) is 0 Å². The molecule has 0 unspecified atom stereocenters. The lowest BCUT2D eigenvalue weighted by Gasteiger charge is -2.11. The van der Waals surface area contributed by atoms with Crippen LogP contribution in [0.4, 0.5) is 4.39 Å². The summed E-state index contributed by atoms with van der Waals surface area (Å²) in [6.45, 7) is 0.00216. The van der Waals surface area contributed by atoms with Gasteiger partial charge < -0.3 is 5.11 Å². The van der Waals surface area contributed by atoms with Gasteiger partial charge in [-0.1, -0.05) is 36.4 Å². The van der Waals surface area contributed by atoms with Crippen LogP contribution in [0.25, 0.3) is 10.8 Å². The van der Waals surface area contributed by atoms with Gasteiger partial charge in [-0.05, 0) is 17.5 Å². The minimum Gasteiger partial charge on any atom is -0.494 e. The van der Waals surface area contributed by atoms with Gasteiger partial charge in [0.15, 0.2) is 0 Å². The van der Waals surface area contributed by atoms with Crippen LogP contribution >= 0.6 is 0 Å². The Balaban J connectivity index is 2.17. The van der Waals surface area contributed by atoms with Crippen LogP contribution in [-0.2, 0) is 6.54 Å². The number of hydrogen-bond donors (Lipinski definition) is 1. The summed E-state index contributed by atoms with van der Waals surface area (Å²) >= 11 is 0. The van der Waals surface area contributed by atoms with Crippen molar-refractivity contribution in [3.05, 3.63) is 76.3 Å². The van der Waals surface area contributed by atoms with Gasteiger partial charge >= 0.3 is 0 Å². The van der Waals surface area contributed by atoms with Crippen LogP contribution in [0.2, 0.25) is 0 Å². The fraction of sp³-hybridized carbons (Fsp3) is 0.0625. The molecule has 3 nitrogen and oxygen atoms in total. The number of pyridine rings is 1. The molecule has 1 N–H and O–H groups in total. The minimum atomic E-state index is -0.396. The molecule has 100 valence electrons. The van der Waals surface area contributed by atoms with E-state index in [0.29, 0.717) is 16.3 Å². The quantitative estimate of drug-likeness (QED) is 0.777. The summed E-state index contributed by atoms with van der Waals surface area (Å²) in [6, 6.07) is 14.7. The second-order valence-corrected chi connectivity index (χ2v) is 4.57. The number of aromatic hydroxyl groups is 1. The summed E-state index contributed by atoms with van der Waals surface area (Å²) in [4.78, 5) is 12.1. The Labute approximate surface area is 114 Å². The highest BCUT2D eigenvalue weighted by atomic mass is 19.1. The Morgan fingerprint density at radius 1 is 1.05 bits per heavy atom. The first kappa shape index (κ1) is 12.4. The van der Waals surface area contributed by atoms with E-state index in [1.807, 2.05) is 0 Å². The summed E-state index contributed by atoms with van der Waals surface area (Å²) in [5.41, 5.74) is 0.00429. The lowest BCUT2D eigenvalue weighted by molar-refractivity contribution is 0.420. The molecule has 3 rings (SSSR count). The second kappa shape index (κ2) is 4.81. The topological polar surface area (TPSA) is 42.2 Å². The van der Waals surface area contributed by atoms with Gasteiger partial charge in [0, 0.05) is 17.0 Å². The van der Waals surface area contributed by atoms with Crippen molar-refractivity contribution < 1.29 is 9.50 Å². The van der Waals surface area contributed by atoms with Gasteiger partial charge in [-0.15, -0.1) is 0 Å². The van der Waals surface area contributed by atoms with Crippen molar-refractivity contribution in [2.75, 3.05) is 0 Å². The molecule has 2 aromatic carbocycles. The van der Waals surface area contributed by atoms with E-state index in [1.54, 1.807) is 42.5 Å². The van der Waals surface area contributed by atoms with Gasteiger partial charge in [-0.3, -0.25) is 9.36 Å². The van der Waals surface area contributed by atoms with Gasteiger partial charge in [0.2, 0.25) is 5.88 Å². The number of aromatic nitrogens is 1. The third-order valence-corrected chi connectivity index (χ3v) is 3.29. The predicted octanol–water partition coefficient (Wildman–Crippen LogP) is 2.89. The van der Waals surface area contributed by atoms with Crippen molar-refractivity contribution in [1.29, 1.82) is 0 Å². The summed E-state index contributed by atoms with van der Waals surface area (Å²) in [5.74, 6) is -0.539. The summed E-state index contributed by atoms with van der Waals surface area (Å²) < 4.78 is 14.8. The van der Waals surface area contributed by atoms with Crippen molar-refractivity contribution in [1.82, 2.24) is 4.57 Å². The van der Waals surface area contributed by atoms with Gasteiger partial charge in [-0.25, -0.2) is 4.39 Å². The minimum absolute atomic E-state index is 0.00216. The van der Waals surface area contributed by atoms with Crippen LogP contribution < -0.4 is 5.56 Å². The number of hydrogen-bond acceptors (Lipinski definition) is 2. The summed E-state index contributed by atoms with van der Waals surface area (Å²) in [7, 11) is 0. The molecule has 0 spiro atoms. The van der Waals surface area contributed by atoms with Crippen molar-refractivity contribution in [2.24, 2.45) is 0 Å². The maximum absolute atomic E-state index is 13.7. The molecule has 0 atom stereocenters. The standard InChI is InChI=1S/C16H12FNO2/c17-14-8-4-2-6-12(14)10-18-15(19)9-11-5-1-3-7-13(11)16(18)20/h1-9,20H,10H2. The number of rotatable bonds is 2. The highest BCUT2D eigenvalue weighted by Crippen LogP contribution is 2.23. The molecule has 0 aliphatic heterocycles. The Kier molecular flexibility index (Phi) is 2.99. The normalized spacial score (nSPS) is 10.8. The smallest absolute Gasteiger partial charge is 0.254 e. The molecule has 0 saturated heterocycles. The zero-order valence-electron chi connectivity index (χ0n) is 10.6. The zero-order chi connectivity index (χ0) is 14.1. The Morgan fingerprint density at radius 3 is 2.55 bits per heavy atom. The molecule has 4 heteroatoms. The monoisotopic (exact) mass is 269 g/mol.